The number of hydrogen-bond donors (Lipinski definition) is 0. The molecule has 3 heterocycles. The van der Waals surface area contributed by atoms with Gasteiger partial charge in [0.1, 0.15) is 5.69 Å². The first-order valence-corrected chi connectivity index (χ1v) is 7.74. The van der Waals surface area contributed by atoms with Crippen LogP contribution in [0.25, 0.3) is 11.6 Å². The minimum Gasteiger partial charge on any atom is -0.419 e. The highest BCUT2D eigenvalue weighted by Crippen LogP contribution is 2.28. The van der Waals surface area contributed by atoms with Gasteiger partial charge in [-0.05, 0) is 18.5 Å². The molecule has 1 aromatic carbocycles. The van der Waals surface area contributed by atoms with Gasteiger partial charge in [0.15, 0.2) is 0 Å². The first-order chi connectivity index (χ1) is 11.4. The molecule has 1 fully saturated rings. The molecule has 6 nitrogen and oxygen atoms in total. The highest BCUT2D eigenvalue weighted by atomic mass is 16.4. The van der Waals surface area contributed by atoms with E-state index in [0.29, 0.717) is 17.5 Å². The third kappa shape index (κ3) is 3.12. The normalized spacial score (nSPS) is 18.3. The molecule has 23 heavy (non-hydrogen) atoms. The van der Waals surface area contributed by atoms with Gasteiger partial charge in [0.25, 0.3) is 5.89 Å². The molecule has 3 aromatic rings. The summed E-state index contributed by atoms with van der Waals surface area (Å²) in [6.07, 6.45) is 5.91. The zero-order valence-electron chi connectivity index (χ0n) is 12.7. The van der Waals surface area contributed by atoms with Crippen molar-refractivity contribution in [3.63, 3.8) is 0 Å². The smallest absolute Gasteiger partial charge is 0.267 e. The van der Waals surface area contributed by atoms with Gasteiger partial charge in [-0.2, -0.15) is 0 Å². The third-order valence-electron chi connectivity index (χ3n) is 4.09. The topological polar surface area (TPSA) is 67.9 Å². The molecule has 0 spiro atoms. The standard InChI is InChI=1S/C17H17N5O/c1-2-4-13(5-3-1)11-22-9-6-14(12-22)16-20-21-17(23-16)15-10-18-7-8-19-15/h1-5,7-8,10,14H,6,9,11-12H2/t14-/m0/s1. The van der Waals surface area contributed by atoms with Crippen LogP contribution in [0.4, 0.5) is 0 Å². The van der Waals surface area contributed by atoms with Gasteiger partial charge in [0.2, 0.25) is 5.89 Å². The van der Waals surface area contributed by atoms with Gasteiger partial charge in [-0.15, -0.1) is 10.2 Å². The van der Waals surface area contributed by atoms with Crippen molar-refractivity contribution in [2.45, 2.75) is 18.9 Å². The minimum atomic E-state index is 0.289. The lowest BCUT2D eigenvalue weighted by Gasteiger charge is -2.14. The van der Waals surface area contributed by atoms with Crippen molar-refractivity contribution < 1.29 is 4.42 Å². The van der Waals surface area contributed by atoms with E-state index >= 15 is 0 Å². The van der Waals surface area contributed by atoms with Crippen molar-refractivity contribution in [3.8, 4) is 11.6 Å². The maximum absolute atomic E-state index is 5.80. The summed E-state index contributed by atoms with van der Waals surface area (Å²) in [5, 5.41) is 8.31. The van der Waals surface area contributed by atoms with Crippen LogP contribution in [0.3, 0.4) is 0 Å². The fraction of sp³-hybridized carbons (Fsp3) is 0.294. The van der Waals surface area contributed by atoms with Crippen molar-refractivity contribution in [2.24, 2.45) is 0 Å². The Kier molecular flexibility index (Phi) is 3.81. The Balaban J connectivity index is 1.43. The molecule has 0 unspecified atom stereocenters. The molecule has 0 amide bonds. The van der Waals surface area contributed by atoms with Crippen LogP contribution in [0.15, 0.2) is 53.3 Å². The van der Waals surface area contributed by atoms with Gasteiger partial charge >= 0.3 is 0 Å². The lowest BCUT2D eigenvalue weighted by molar-refractivity contribution is 0.320. The highest BCUT2D eigenvalue weighted by Gasteiger charge is 2.28. The van der Waals surface area contributed by atoms with Crippen LogP contribution >= 0.6 is 0 Å². The summed E-state index contributed by atoms with van der Waals surface area (Å²) < 4.78 is 5.80. The second-order valence-corrected chi connectivity index (χ2v) is 5.74. The molecular weight excluding hydrogens is 290 g/mol. The van der Waals surface area contributed by atoms with Crippen molar-refractivity contribution in [2.75, 3.05) is 13.1 Å². The van der Waals surface area contributed by atoms with Gasteiger partial charge in [-0.25, -0.2) is 4.98 Å². The van der Waals surface area contributed by atoms with Gasteiger partial charge < -0.3 is 4.42 Å². The van der Waals surface area contributed by atoms with Crippen LogP contribution in [-0.2, 0) is 6.54 Å². The Morgan fingerprint density at radius 1 is 1.13 bits per heavy atom. The fourth-order valence-electron chi connectivity index (χ4n) is 2.93. The Hall–Kier alpha value is -2.60. The monoisotopic (exact) mass is 307 g/mol. The number of likely N-dealkylation sites (tertiary alicyclic amines) is 1. The molecule has 2 aromatic heterocycles. The zero-order valence-corrected chi connectivity index (χ0v) is 12.7. The lowest BCUT2D eigenvalue weighted by atomic mass is 10.1. The molecule has 1 atom stereocenters. The van der Waals surface area contributed by atoms with Crippen molar-refractivity contribution in [1.82, 2.24) is 25.1 Å². The van der Waals surface area contributed by atoms with Crippen molar-refractivity contribution >= 4 is 0 Å². The van der Waals surface area contributed by atoms with Gasteiger partial charge in [-0.1, -0.05) is 30.3 Å². The molecule has 1 aliphatic rings. The van der Waals surface area contributed by atoms with Crippen LogP contribution in [0.1, 0.15) is 23.8 Å². The molecule has 0 N–H and O–H groups in total. The molecule has 116 valence electrons. The molecule has 0 aliphatic carbocycles. The predicted octanol–water partition coefficient (Wildman–Crippen LogP) is 2.52. The number of nitrogens with zero attached hydrogens (tertiary/aromatic N) is 5. The van der Waals surface area contributed by atoms with Crippen molar-refractivity contribution in [3.05, 3.63) is 60.4 Å². The average Bonchev–Trinajstić information content (AvgIpc) is 3.26. The number of benzene rings is 1. The number of rotatable bonds is 4. The summed E-state index contributed by atoms with van der Waals surface area (Å²) in [6, 6.07) is 10.5. The Bertz CT molecular complexity index is 759. The largest absolute Gasteiger partial charge is 0.419 e. The zero-order chi connectivity index (χ0) is 15.5. The first kappa shape index (κ1) is 14.0. The molecule has 1 aliphatic heterocycles. The second kappa shape index (κ2) is 6.26. The average molecular weight is 307 g/mol. The summed E-state index contributed by atoms with van der Waals surface area (Å²) in [6.45, 7) is 2.95. The molecule has 1 saturated heterocycles. The number of aromatic nitrogens is 4. The highest BCUT2D eigenvalue weighted by molar-refractivity contribution is 5.43. The Labute approximate surface area is 134 Å². The summed E-state index contributed by atoms with van der Waals surface area (Å²) in [4.78, 5) is 10.6. The van der Waals surface area contributed by atoms with Crippen LogP contribution < -0.4 is 0 Å². The second-order valence-electron chi connectivity index (χ2n) is 5.74. The van der Waals surface area contributed by atoms with E-state index in [1.807, 2.05) is 6.07 Å². The van der Waals surface area contributed by atoms with E-state index in [2.05, 4.69) is 49.3 Å². The Morgan fingerprint density at radius 3 is 2.87 bits per heavy atom. The maximum atomic E-state index is 5.80. The van der Waals surface area contributed by atoms with E-state index < -0.39 is 0 Å². The molecule has 4 rings (SSSR count). The quantitative estimate of drug-likeness (QED) is 0.738. The number of hydrogen-bond acceptors (Lipinski definition) is 6. The SMILES string of the molecule is c1ccc(CN2CC[C@H](c3nnc(-c4cnccn4)o3)C2)cc1. The van der Waals surface area contributed by atoms with Crippen LogP contribution in [0.2, 0.25) is 0 Å². The summed E-state index contributed by atoms with van der Waals surface area (Å²) in [5.41, 5.74) is 1.95. The molecule has 0 bridgehead atoms. The molecule has 6 heteroatoms. The summed E-state index contributed by atoms with van der Waals surface area (Å²) in [7, 11) is 0. The Morgan fingerprint density at radius 2 is 2.04 bits per heavy atom. The maximum Gasteiger partial charge on any atom is 0.267 e. The van der Waals surface area contributed by atoms with E-state index in [-0.39, 0.29) is 5.92 Å². The van der Waals surface area contributed by atoms with E-state index in [1.54, 1.807) is 18.6 Å². The van der Waals surface area contributed by atoms with Gasteiger partial charge in [0.05, 0.1) is 12.1 Å². The minimum absolute atomic E-state index is 0.289. The van der Waals surface area contributed by atoms with Gasteiger partial charge in [0, 0.05) is 25.5 Å². The summed E-state index contributed by atoms with van der Waals surface area (Å²) >= 11 is 0. The molecule has 0 radical (unpaired) electrons. The van der Waals surface area contributed by atoms with E-state index in [9.17, 15) is 0 Å². The van der Waals surface area contributed by atoms with Crippen molar-refractivity contribution in [1.29, 1.82) is 0 Å². The lowest BCUT2D eigenvalue weighted by Crippen LogP contribution is -2.19. The van der Waals surface area contributed by atoms with E-state index in [4.69, 9.17) is 4.42 Å². The fourth-order valence-corrected chi connectivity index (χ4v) is 2.93. The van der Waals surface area contributed by atoms with E-state index in [1.165, 1.54) is 5.56 Å². The molecule has 0 saturated carbocycles. The molecular formula is C17H17N5O. The van der Waals surface area contributed by atoms with Crippen LogP contribution in [-0.4, -0.2) is 38.2 Å². The summed E-state index contributed by atoms with van der Waals surface area (Å²) in [5.74, 6) is 1.42. The first-order valence-electron chi connectivity index (χ1n) is 7.74. The van der Waals surface area contributed by atoms with E-state index in [0.717, 1.165) is 26.1 Å². The third-order valence-corrected chi connectivity index (χ3v) is 4.09. The predicted molar refractivity (Wildman–Crippen MR) is 84.4 cm³/mol. The van der Waals surface area contributed by atoms with Gasteiger partial charge in [-0.3, -0.25) is 9.88 Å². The van der Waals surface area contributed by atoms with Crippen LogP contribution in [0.5, 0.6) is 0 Å². The van der Waals surface area contributed by atoms with Crippen LogP contribution in [0, 0.1) is 0 Å².